The van der Waals surface area contributed by atoms with Crippen LogP contribution < -0.4 is 5.73 Å². The molecule has 2 heteroatoms. The van der Waals surface area contributed by atoms with Crippen molar-refractivity contribution < 1.29 is 0 Å². The largest absolute Gasteiger partial charge is 0.330 e. The minimum atomic E-state index is 0.202. The molecule has 1 saturated carbocycles. The second kappa shape index (κ2) is 4.54. The highest BCUT2D eigenvalue weighted by Gasteiger charge is 2.34. The molecule has 0 bridgehead atoms. The predicted molar refractivity (Wildman–Crippen MR) is 67.3 cm³/mol. The minimum Gasteiger partial charge on any atom is -0.330 e. The summed E-state index contributed by atoms with van der Waals surface area (Å²) in [5, 5.41) is 0. The Morgan fingerprint density at radius 1 is 1.38 bits per heavy atom. The molecule has 1 aliphatic carbocycles. The standard InChI is InChI=1S/C14H22N2/c1-11-5-7-14(10-15,8-6-11)13-4-3-12(2)16-9-13/h3-4,9,11H,5-8,10,15H2,1-2H3. The van der Waals surface area contributed by atoms with Crippen molar-refractivity contribution >= 4 is 0 Å². The third-order valence-electron chi connectivity index (χ3n) is 4.15. The maximum absolute atomic E-state index is 6.03. The summed E-state index contributed by atoms with van der Waals surface area (Å²) < 4.78 is 0. The molecular formula is C14H22N2. The molecule has 0 unspecified atom stereocenters. The van der Waals surface area contributed by atoms with Gasteiger partial charge in [-0.3, -0.25) is 4.98 Å². The highest BCUT2D eigenvalue weighted by molar-refractivity contribution is 5.25. The van der Waals surface area contributed by atoms with Crippen LogP contribution in [0.4, 0.5) is 0 Å². The van der Waals surface area contributed by atoms with E-state index in [1.165, 1.54) is 31.2 Å². The number of nitrogens with zero attached hydrogens (tertiary/aromatic N) is 1. The molecule has 1 heterocycles. The first-order chi connectivity index (χ1) is 7.66. The SMILES string of the molecule is Cc1ccc(C2(CN)CCC(C)CC2)cn1. The lowest BCUT2D eigenvalue weighted by molar-refractivity contribution is 0.247. The van der Waals surface area contributed by atoms with Gasteiger partial charge in [0.05, 0.1) is 0 Å². The number of aryl methyl sites for hydroxylation is 1. The second-order valence-corrected chi connectivity index (χ2v) is 5.36. The van der Waals surface area contributed by atoms with Crippen LogP contribution in [0.5, 0.6) is 0 Å². The van der Waals surface area contributed by atoms with Crippen LogP contribution in [-0.2, 0) is 5.41 Å². The topological polar surface area (TPSA) is 38.9 Å². The summed E-state index contributed by atoms with van der Waals surface area (Å²) >= 11 is 0. The molecule has 2 rings (SSSR count). The van der Waals surface area contributed by atoms with Gasteiger partial charge in [0.15, 0.2) is 0 Å². The summed E-state index contributed by atoms with van der Waals surface area (Å²) in [6.45, 7) is 5.13. The van der Waals surface area contributed by atoms with E-state index >= 15 is 0 Å². The number of hydrogen-bond acceptors (Lipinski definition) is 2. The van der Waals surface area contributed by atoms with E-state index in [1.807, 2.05) is 13.1 Å². The Hall–Kier alpha value is -0.890. The molecule has 2 nitrogen and oxygen atoms in total. The zero-order valence-corrected chi connectivity index (χ0v) is 10.4. The third kappa shape index (κ3) is 2.12. The van der Waals surface area contributed by atoms with Crippen LogP contribution in [-0.4, -0.2) is 11.5 Å². The summed E-state index contributed by atoms with van der Waals surface area (Å²) in [6.07, 6.45) is 7.05. The fourth-order valence-electron chi connectivity index (χ4n) is 2.71. The lowest BCUT2D eigenvalue weighted by Gasteiger charge is -2.38. The van der Waals surface area contributed by atoms with E-state index in [0.29, 0.717) is 0 Å². The normalized spacial score (nSPS) is 30.3. The van der Waals surface area contributed by atoms with Gasteiger partial charge in [0.1, 0.15) is 0 Å². The monoisotopic (exact) mass is 218 g/mol. The molecule has 2 N–H and O–H groups in total. The Morgan fingerprint density at radius 3 is 2.56 bits per heavy atom. The van der Waals surface area contributed by atoms with Crippen molar-refractivity contribution in [2.24, 2.45) is 11.7 Å². The zero-order chi connectivity index (χ0) is 11.6. The van der Waals surface area contributed by atoms with Crippen molar-refractivity contribution in [1.82, 2.24) is 4.98 Å². The molecule has 1 aromatic rings. The molecule has 0 aliphatic heterocycles. The molecule has 0 amide bonds. The van der Waals surface area contributed by atoms with Gasteiger partial charge in [-0.2, -0.15) is 0 Å². The molecule has 1 fully saturated rings. The van der Waals surface area contributed by atoms with Gasteiger partial charge >= 0.3 is 0 Å². The van der Waals surface area contributed by atoms with Crippen molar-refractivity contribution in [2.75, 3.05) is 6.54 Å². The molecule has 0 saturated heterocycles. The highest BCUT2D eigenvalue weighted by atomic mass is 14.7. The van der Waals surface area contributed by atoms with Crippen LogP contribution >= 0.6 is 0 Å². The van der Waals surface area contributed by atoms with Crippen LogP contribution in [0.1, 0.15) is 43.9 Å². The van der Waals surface area contributed by atoms with Crippen LogP contribution in [0.2, 0.25) is 0 Å². The van der Waals surface area contributed by atoms with Crippen molar-refractivity contribution in [1.29, 1.82) is 0 Å². The summed E-state index contributed by atoms with van der Waals surface area (Å²) in [6, 6.07) is 4.32. The van der Waals surface area contributed by atoms with Crippen LogP contribution in [0, 0.1) is 12.8 Å². The van der Waals surface area contributed by atoms with Gasteiger partial charge in [-0.05, 0) is 50.2 Å². The van der Waals surface area contributed by atoms with E-state index in [4.69, 9.17) is 5.73 Å². The highest BCUT2D eigenvalue weighted by Crippen LogP contribution is 2.40. The number of pyridine rings is 1. The first kappa shape index (κ1) is 11.6. The van der Waals surface area contributed by atoms with Gasteiger partial charge in [0.2, 0.25) is 0 Å². The van der Waals surface area contributed by atoms with Crippen LogP contribution in [0.15, 0.2) is 18.3 Å². The molecular weight excluding hydrogens is 196 g/mol. The van der Waals surface area contributed by atoms with Crippen molar-refractivity contribution in [2.45, 2.75) is 44.9 Å². The van der Waals surface area contributed by atoms with E-state index < -0.39 is 0 Å². The fraction of sp³-hybridized carbons (Fsp3) is 0.643. The molecule has 0 atom stereocenters. The summed E-state index contributed by atoms with van der Waals surface area (Å²) in [5.74, 6) is 0.859. The molecule has 88 valence electrons. The quantitative estimate of drug-likeness (QED) is 0.829. The number of nitrogens with two attached hydrogens (primary N) is 1. The van der Waals surface area contributed by atoms with Crippen LogP contribution in [0.3, 0.4) is 0 Å². The summed E-state index contributed by atoms with van der Waals surface area (Å²) in [4.78, 5) is 4.41. The fourth-order valence-corrected chi connectivity index (χ4v) is 2.71. The van der Waals surface area contributed by atoms with Crippen molar-refractivity contribution in [3.8, 4) is 0 Å². The molecule has 16 heavy (non-hydrogen) atoms. The van der Waals surface area contributed by atoms with Gasteiger partial charge < -0.3 is 5.73 Å². The average Bonchev–Trinajstić information content (AvgIpc) is 2.32. The summed E-state index contributed by atoms with van der Waals surface area (Å²) in [7, 11) is 0. The Morgan fingerprint density at radius 2 is 2.06 bits per heavy atom. The van der Waals surface area contributed by atoms with E-state index in [0.717, 1.165) is 18.2 Å². The molecule has 0 aromatic carbocycles. The van der Waals surface area contributed by atoms with Gasteiger partial charge in [0, 0.05) is 23.9 Å². The Kier molecular flexibility index (Phi) is 3.29. The Bertz CT molecular complexity index is 334. The smallest absolute Gasteiger partial charge is 0.0372 e. The lowest BCUT2D eigenvalue weighted by Crippen LogP contribution is -2.38. The zero-order valence-electron chi connectivity index (χ0n) is 10.4. The molecule has 1 aromatic heterocycles. The van der Waals surface area contributed by atoms with Crippen LogP contribution in [0.25, 0.3) is 0 Å². The molecule has 1 aliphatic rings. The van der Waals surface area contributed by atoms with Gasteiger partial charge in [-0.15, -0.1) is 0 Å². The second-order valence-electron chi connectivity index (χ2n) is 5.36. The third-order valence-corrected chi connectivity index (χ3v) is 4.15. The number of aromatic nitrogens is 1. The van der Waals surface area contributed by atoms with E-state index in [9.17, 15) is 0 Å². The average molecular weight is 218 g/mol. The van der Waals surface area contributed by atoms with E-state index in [1.54, 1.807) is 0 Å². The van der Waals surface area contributed by atoms with E-state index in [2.05, 4.69) is 24.0 Å². The summed E-state index contributed by atoms with van der Waals surface area (Å²) in [5.41, 5.74) is 8.65. The van der Waals surface area contributed by atoms with Crippen molar-refractivity contribution in [3.63, 3.8) is 0 Å². The molecule has 0 radical (unpaired) electrons. The Balaban J connectivity index is 2.24. The molecule has 0 spiro atoms. The maximum atomic E-state index is 6.03. The lowest BCUT2D eigenvalue weighted by atomic mass is 9.67. The first-order valence-electron chi connectivity index (χ1n) is 6.29. The predicted octanol–water partition coefficient (Wildman–Crippen LogP) is 2.80. The number of rotatable bonds is 2. The maximum Gasteiger partial charge on any atom is 0.0372 e. The minimum absolute atomic E-state index is 0.202. The first-order valence-corrected chi connectivity index (χ1v) is 6.29. The van der Waals surface area contributed by atoms with Gasteiger partial charge in [-0.25, -0.2) is 0 Å². The van der Waals surface area contributed by atoms with Gasteiger partial charge in [0.25, 0.3) is 0 Å². The van der Waals surface area contributed by atoms with E-state index in [-0.39, 0.29) is 5.41 Å². The van der Waals surface area contributed by atoms with Gasteiger partial charge in [-0.1, -0.05) is 13.0 Å². The Labute approximate surface area is 98.3 Å². The van der Waals surface area contributed by atoms with Crippen molar-refractivity contribution in [3.05, 3.63) is 29.6 Å². The number of hydrogen-bond donors (Lipinski definition) is 1.